The van der Waals surface area contributed by atoms with E-state index in [-0.39, 0.29) is 0 Å². The van der Waals surface area contributed by atoms with Crippen molar-refractivity contribution in [1.82, 2.24) is 14.7 Å². The molecule has 0 aliphatic rings. The highest BCUT2D eigenvalue weighted by atomic mass is 16.5. The third-order valence-corrected chi connectivity index (χ3v) is 3.34. The molecule has 6 heteroatoms. The first-order chi connectivity index (χ1) is 9.24. The SMILES string of the molecule is CCN(CC)c1ccc2c(c1)n1nccc1n[n+]2[O-]. The lowest BCUT2D eigenvalue weighted by atomic mass is 10.2. The molecule has 6 nitrogen and oxygen atoms in total. The molecular formula is C13H15N5O. The van der Waals surface area contributed by atoms with Crippen LogP contribution in [0.5, 0.6) is 0 Å². The smallest absolute Gasteiger partial charge is 0.270 e. The molecule has 0 unspecified atom stereocenters. The van der Waals surface area contributed by atoms with Crippen molar-refractivity contribution < 1.29 is 4.85 Å². The summed E-state index contributed by atoms with van der Waals surface area (Å²) in [5, 5.41) is 20.0. The van der Waals surface area contributed by atoms with Gasteiger partial charge in [0.15, 0.2) is 0 Å². The summed E-state index contributed by atoms with van der Waals surface area (Å²) >= 11 is 0. The summed E-state index contributed by atoms with van der Waals surface area (Å²) in [7, 11) is 0. The molecule has 0 radical (unpaired) electrons. The van der Waals surface area contributed by atoms with E-state index in [1.54, 1.807) is 22.8 Å². The highest BCUT2D eigenvalue weighted by Crippen LogP contribution is 2.20. The van der Waals surface area contributed by atoms with Gasteiger partial charge in [0.2, 0.25) is 5.65 Å². The predicted octanol–water partition coefficient (Wildman–Crippen LogP) is 1.36. The number of hydrogen-bond donors (Lipinski definition) is 0. The number of benzene rings is 1. The maximum atomic E-state index is 11.9. The van der Waals surface area contributed by atoms with E-state index in [9.17, 15) is 5.21 Å². The lowest BCUT2D eigenvalue weighted by molar-refractivity contribution is -0.640. The molecule has 0 saturated heterocycles. The molecule has 0 atom stereocenters. The van der Waals surface area contributed by atoms with Gasteiger partial charge >= 0.3 is 0 Å². The van der Waals surface area contributed by atoms with Crippen LogP contribution < -0.4 is 9.75 Å². The van der Waals surface area contributed by atoms with Gasteiger partial charge in [-0.05, 0) is 30.8 Å². The quantitative estimate of drug-likeness (QED) is 0.525. The second-order valence-electron chi connectivity index (χ2n) is 4.32. The van der Waals surface area contributed by atoms with E-state index >= 15 is 0 Å². The fourth-order valence-electron chi connectivity index (χ4n) is 2.33. The van der Waals surface area contributed by atoms with Gasteiger partial charge in [0, 0.05) is 36.0 Å². The molecule has 2 aromatic heterocycles. The first-order valence-electron chi connectivity index (χ1n) is 6.37. The molecular weight excluding hydrogens is 242 g/mol. The summed E-state index contributed by atoms with van der Waals surface area (Å²) in [6.45, 7) is 6.06. The minimum absolute atomic E-state index is 0.520. The molecule has 0 fully saturated rings. The number of fused-ring (bicyclic) bond motifs is 3. The molecule has 98 valence electrons. The Morgan fingerprint density at radius 2 is 2.05 bits per heavy atom. The molecule has 0 aliphatic heterocycles. The fourth-order valence-corrected chi connectivity index (χ4v) is 2.33. The summed E-state index contributed by atoms with van der Waals surface area (Å²) in [4.78, 5) is 2.88. The molecule has 2 heterocycles. The van der Waals surface area contributed by atoms with Gasteiger partial charge in [0.25, 0.3) is 5.52 Å². The Hall–Kier alpha value is -2.37. The standard InChI is InChI=1S/C13H15N5O/c1-3-16(4-2)10-5-6-11-12(9-10)17-13(7-8-14-17)15-18(11)19/h5-9H,3-4H2,1-2H3. The molecule has 0 bridgehead atoms. The van der Waals surface area contributed by atoms with Crippen molar-refractivity contribution in [3.63, 3.8) is 0 Å². The Morgan fingerprint density at radius 3 is 2.79 bits per heavy atom. The van der Waals surface area contributed by atoms with Crippen LogP contribution in [0.1, 0.15) is 13.8 Å². The van der Waals surface area contributed by atoms with Gasteiger partial charge in [-0.1, -0.05) is 0 Å². The Balaban J connectivity index is 2.31. The molecule has 0 amide bonds. The second kappa shape index (κ2) is 4.38. The van der Waals surface area contributed by atoms with E-state index in [2.05, 4.69) is 28.9 Å². The van der Waals surface area contributed by atoms with Crippen LogP contribution in [-0.2, 0) is 0 Å². The summed E-state index contributed by atoms with van der Waals surface area (Å²) in [5.41, 5.74) is 2.93. The van der Waals surface area contributed by atoms with Crippen LogP contribution in [0.15, 0.2) is 30.5 Å². The monoisotopic (exact) mass is 257 g/mol. The Bertz CT molecular complexity index is 732. The average molecular weight is 257 g/mol. The molecule has 0 aliphatic carbocycles. The Kier molecular flexibility index (Phi) is 2.70. The number of anilines is 1. The van der Waals surface area contributed by atoms with Crippen LogP contribution in [0.25, 0.3) is 16.7 Å². The average Bonchev–Trinajstić information content (AvgIpc) is 2.88. The largest absolute Gasteiger partial charge is 0.594 e. The molecule has 3 aromatic rings. The third-order valence-electron chi connectivity index (χ3n) is 3.34. The van der Waals surface area contributed by atoms with Gasteiger partial charge in [0.1, 0.15) is 5.52 Å². The van der Waals surface area contributed by atoms with Crippen molar-refractivity contribution in [3.8, 4) is 0 Å². The summed E-state index contributed by atoms with van der Waals surface area (Å²) in [5.74, 6) is 0. The van der Waals surface area contributed by atoms with Gasteiger partial charge in [0.05, 0.1) is 6.20 Å². The lowest BCUT2D eigenvalue weighted by Gasteiger charge is -2.20. The molecule has 0 N–H and O–H groups in total. The van der Waals surface area contributed by atoms with E-state index in [4.69, 9.17) is 0 Å². The highest BCUT2D eigenvalue weighted by Gasteiger charge is 2.13. The van der Waals surface area contributed by atoms with E-state index < -0.39 is 0 Å². The first kappa shape index (κ1) is 11.7. The van der Waals surface area contributed by atoms with Crippen LogP contribution in [0.2, 0.25) is 0 Å². The van der Waals surface area contributed by atoms with E-state index in [1.807, 2.05) is 12.1 Å². The predicted molar refractivity (Wildman–Crippen MR) is 73.0 cm³/mol. The van der Waals surface area contributed by atoms with Crippen molar-refractivity contribution in [2.45, 2.75) is 13.8 Å². The summed E-state index contributed by atoms with van der Waals surface area (Å²) in [6, 6.07) is 7.45. The third kappa shape index (κ3) is 1.76. The second-order valence-corrected chi connectivity index (χ2v) is 4.32. The fraction of sp³-hybridized carbons (Fsp3) is 0.308. The van der Waals surface area contributed by atoms with Crippen LogP contribution in [0.4, 0.5) is 5.69 Å². The van der Waals surface area contributed by atoms with Crippen molar-refractivity contribution in [3.05, 3.63) is 35.7 Å². The van der Waals surface area contributed by atoms with Crippen LogP contribution in [0.3, 0.4) is 0 Å². The van der Waals surface area contributed by atoms with Crippen molar-refractivity contribution in [2.75, 3.05) is 18.0 Å². The van der Waals surface area contributed by atoms with Gasteiger partial charge in [-0.25, -0.2) is 4.52 Å². The normalized spacial score (nSPS) is 11.3. The number of nitrogens with zero attached hydrogens (tertiary/aromatic N) is 5. The maximum Gasteiger partial charge on any atom is 0.270 e. The highest BCUT2D eigenvalue weighted by molar-refractivity contribution is 5.78. The zero-order valence-corrected chi connectivity index (χ0v) is 10.9. The van der Waals surface area contributed by atoms with Crippen molar-refractivity contribution >= 4 is 22.4 Å². The zero-order chi connectivity index (χ0) is 13.4. The summed E-state index contributed by atoms with van der Waals surface area (Å²) in [6.07, 6.45) is 1.64. The van der Waals surface area contributed by atoms with E-state index in [0.717, 1.165) is 24.3 Å². The Labute approximate surface area is 110 Å². The summed E-state index contributed by atoms with van der Waals surface area (Å²) < 4.78 is 1.69. The van der Waals surface area contributed by atoms with Crippen LogP contribution in [0, 0.1) is 5.21 Å². The van der Waals surface area contributed by atoms with Crippen LogP contribution >= 0.6 is 0 Å². The molecule has 3 rings (SSSR count). The van der Waals surface area contributed by atoms with Gasteiger partial charge in [-0.2, -0.15) is 5.10 Å². The van der Waals surface area contributed by atoms with Gasteiger partial charge in [-0.3, -0.25) is 0 Å². The van der Waals surface area contributed by atoms with E-state index in [1.165, 1.54) is 0 Å². The minimum Gasteiger partial charge on any atom is -0.594 e. The number of aromatic nitrogens is 4. The topological polar surface area (TPSA) is 60.4 Å². The molecule has 19 heavy (non-hydrogen) atoms. The Morgan fingerprint density at radius 1 is 1.26 bits per heavy atom. The van der Waals surface area contributed by atoms with Gasteiger partial charge < -0.3 is 10.1 Å². The zero-order valence-electron chi connectivity index (χ0n) is 10.9. The molecule has 1 aromatic carbocycles. The minimum atomic E-state index is 0.520. The maximum absolute atomic E-state index is 11.9. The van der Waals surface area contributed by atoms with Gasteiger partial charge in [-0.15, -0.1) is 0 Å². The lowest BCUT2D eigenvalue weighted by Crippen LogP contribution is -2.33. The first-order valence-corrected chi connectivity index (χ1v) is 6.37. The number of hydrogen-bond acceptors (Lipinski definition) is 4. The number of rotatable bonds is 3. The van der Waals surface area contributed by atoms with Crippen molar-refractivity contribution in [2.24, 2.45) is 0 Å². The van der Waals surface area contributed by atoms with Crippen molar-refractivity contribution in [1.29, 1.82) is 0 Å². The van der Waals surface area contributed by atoms with E-state index in [0.29, 0.717) is 16.0 Å². The van der Waals surface area contributed by atoms with Crippen LogP contribution in [-0.4, -0.2) is 27.8 Å². The molecule has 0 saturated carbocycles. The molecule has 0 spiro atoms.